The first kappa shape index (κ1) is 22.1. The molecular formula is C23H28ClN3O3. The van der Waals surface area contributed by atoms with Crippen molar-refractivity contribution < 1.29 is 9.83 Å². The summed E-state index contributed by atoms with van der Waals surface area (Å²) in [7, 11) is 0. The van der Waals surface area contributed by atoms with Crippen LogP contribution in [0, 0.1) is 10.1 Å². The van der Waals surface area contributed by atoms with E-state index in [4.69, 9.17) is 11.6 Å². The van der Waals surface area contributed by atoms with Gasteiger partial charge in [0.2, 0.25) is 5.91 Å². The first-order valence-corrected chi connectivity index (χ1v) is 10.9. The Morgan fingerprint density at radius 3 is 2.37 bits per heavy atom. The van der Waals surface area contributed by atoms with E-state index in [1.807, 2.05) is 30.3 Å². The van der Waals surface area contributed by atoms with Crippen LogP contribution in [0.5, 0.6) is 0 Å². The molecule has 30 heavy (non-hydrogen) atoms. The maximum atomic E-state index is 13.1. The lowest BCUT2D eigenvalue weighted by Gasteiger charge is -2.28. The van der Waals surface area contributed by atoms with Gasteiger partial charge in [0, 0.05) is 11.1 Å². The van der Waals surface area contributed by atoms with Crippen molar-refractivity contribution in [3.8, 4) is 0 Å². The summed E-state index contributed by atoms with van der Waals surface area (Å²) < 4.78 is 0. The van der Waals surface area contributed by atoms with Gasteiger partial charge in [-0.05, 0) is 48.9 Å². The molecule has 1 amide bonds. The van der Waals surface area contributed by atoms with Crippen LogP contribution in [0.2, 0.25) is 5.02 Å². The van der Waals surface area contributed by atoms with E-state index >= 15 is 0 Å². The van der Waals surface area contributed by atoms with E-state index in [1.54, 1.807) is 24.3 Å². The summed E-state index contributed by atoms with van der Waals surface area (Å²) in [6.45, 7) is 0.0434. The van der Waals surface area contributed by atoms with Gasteiger partial charge in [0.15, 0.2) is 11.1 Å². The number of benzene rings is 2. The van der Waals surface area contributed by atoms with Gasteiger partial charge in [-0.2, -0.15) is 0 Å². The molecule has 1 fully saturated rings. The Labute approximate surface area is 182 Å². The summed E-state index contributed by atoms with van der Waals surface area (Å²) >= 11 is 5.94. The highest BCUT2D eigenvalue weighted by atomic mass is 35.5. The molecule has 6 nitrogen and oxygen atoms in total. The maximum Gasteiger partial charge on any atom is 0.248 e. The number of nitrogens with zero attached hydrogens (tertiary/aromatic N) is 2. The molecule has 2 aromatic carbocycles. The number of aryl methyl sites for hydroxylation is 1. The SMILES string of the molecule is O=C(NC1CCCCC1)C(CCc1ccccc1)N(Cc1ccc(Cl)cc1)[N+](=O)[O-]. The third-order valence-corrected chi connectivity index (χ3v) is 5.88. The van der Waals surface area contributed by atoms with Crippen LogP contribution in [0.3, 0.4) is 0 Å². The first-order valence-electron chi connectivity index (χ1n) is 10.5. The molecular weight excluding hydrogens is 402 g/mol. The van der Waals surface area contributed by atoms with Gasteiger partial charge in [-0.1, -0.05) is 73.3 Å². The molecule has 0 saturated heterocycles. The third-order valence-electron chi connectivity index (χ3n) is 5.63. The van der Waals surface area contributed by atoms with Gasteiger partial charge in [0.05, 0.1) is 0 Å². The van der Waals surface area contributed by atoms with Gasteiger partial charge in [0.1, 0.15) is 6.54 Å². The van der Waals surface area contributed by atoms with Crippen molar-refractivity contribution in [2.45, 2.75) is 63.6 Å². The zero-order valence-corrected chi connectivity index (χ0v) is 17.8. The number of halogens is 1. The van der Waals surface area contributed by atoms with Gasteiger partial charge in [-0.25, -0.2) is 10.1 Å². The largest absolute Gasteiger partial charge is 0.351 e. The monoisotopic (exact) mass is 429 g/mol. The molecule has 0 aromatic heterocycles. The third kappa shape index (κ3) is 6.46. The molecule has 0 spiro atoms. The fourth-order valence-electron chi connectivity index (χ4n) is 3.97. The van der Waals surface area contributed by atoms with Gasteiger partial charge in [-0.15, -0.1) is 5.01 Å². The first-order chi connectivity index (χ1) is 14.5. The summed E-state index contributed by atoms with van der Waals surface area (Å²) in [6, 6.07) is 15.9. The fraction of sp³-hybridized carbons (Fsp3) is 0.435. The van der Waals surface area contributed by atoms with Crippen LogP contribution in [0.15, 0.2) is 54.6 Å². The zero-order chi connectivity index (χ0) is 21.3. The topological polar surface area (TPSA) is 75.5 Å². The predicted molar refractivity (Wildman–Crippen MR) is 118 cm³/mol. The van der Waals surface area contributed by atoms with E-state index < -0.39 is 11.1 Å². The molecule has 0 aliphatic heterocycles. The van der Waals surface area contributed by atoms with E-state index in [1.165, 1.54) is 6.42 Å². The van der Waals surface area contributed by atoms with Gasteiger partial charge >= 0.3 is 0 Å². The Morgan fingerprint density at radius 1 is 1.07 bits per heavy atom. The van der Waals surface area contributed by atoms with Crippen LogP contribution >= 0.6 is 11.6 Å². The average molecular weight is 430 g/mol. The second-order valence-corrected chi connectivity index (χ2v) is 8.28. The van der Waals surface area contributed by atoms with Crippen LogP contribution in [-0.4, -0.2) is 28.0 Å². The number of carbonyl (C=O) groups excluding carboxylic acids is 1. The molecule has 2 aromatic rings. The molecule has 0 bridgehead atoms. The molecule has 0 heterocycles. The van der Waals surface area contributed by atoms with Crippen LogP contribution in [0.4, 0.5) is 0 Å². The molecule has 7 heteroatoms. The smallest absolute Gasteiger partial charge is 0.248 e. The molecule has 1 aliphatic rings. The Kier molecular flexibility index (Phi) is 8.08. The highest BCUT2D eigenvalue weighted by molar-refractivity contribution is 6.30. The molecule has 1 N–H and O–H groups in total. The lowest BCUT2D eigenvalue weighted by molar-refractivity contribution is -0.665. The zero-order valence-electron chi connectivity index (χ0n) is 17.0. The van der Waals surface area contributed by atoms with E-state index in [2.05, 4.69) is 5.32 Å². The van der Waals surface area contributed by atoms with E-state index in [0.29, 0.717) is 17.9 Å². The minimum Gasteiger partial charge on any atom is -0.351 e. The molecule has 1 saturated carbocycles. The summed E-state index contributed by atoms with van der Waals surface area (Å²) in [6.07, 6.45) is 6.19. The van der Waals surface area contributed by atoms with E-state index in [-0.39, 0.29) is 18.5 Å². The minimum atomic E-state index is -0.849. The standard InChI is InChI=1S/C23H28ClN3O3/c24-20-14-11-19(12-15-20)17-26(27(29)30)22(16-13-18-7-3-1-4-8-18)23(28)25-21-9-5-2-6-10-21/h1,3-4,7-8,11-12,14-15,21-22H,2,5-6,9-10,13,16-17H2,(H,25,28). The van der Waals surface area contributed by atoms with Gasteiger partial charge < -0.3 is 5.32 Å². The Hall–Kier alpha value is -2.60. The number of carbonyl (C=O) groups is 1. The predicted octanol–water partition coefficient (Wildman–Crippen LogP) is 4.78. The van der Waals surface area contributed by atoms with Gasteiger partial charge in [0.25, 0.3) is 0 Å². The van der Waals surface area contributed by atoms with Crippen molar-refractivity contribution in [2.75, 3.05) is 0 Å². The fourth-order valence-corrected chi connectivity index (χ4v) is 4.09. The average Bonchev–Trinajstić information content (AvgIpc) is 2.75. The molecule has 1 atom stereocenters. The van der Waals surface area contributed by atoms with Crippen molar-refractivity contribution in [2.24, 2.45) is 0 Å². The molecule has 160 valence electrons. The second kappa shape index (κ2) is 11.0. The molecule has 1 unspecified atom stereocenters. The van der Waals surface area contributed by atoms with Crippen LogP contribution in [0.1, 0.15) is 49.7 Å². The highest BCUT2D eigenvalue weighted by Crippen LogP contribution is 2.20. The number of nitro groups is 1. The molecule has 1 aliphatic carbocycles. The van der Waals surface area contributed by atoms with E-state index in [0.717, 1.165) is 41.8 Å². The normalized spacial score (nSPS) is 15.4. The second-order valence-electron chi connectivity index (χ2n) is 7.85. The molecule has 3 rings (SSSR count). The number of hydrogen-bond donors (Lipinski definition) is 1. The van der Waals surface area contributed by atoms with E-state index in [9.17, 15) is 14.9 Å². The highest BCUT2D eigenvalue weighted by Gasteiger charge is 2.34. The van der Waals surface area contributed by atoms with Crippen molar-refractivity contribution in [3.05, 3.63) is 80.9 Å². The number of amides is 1. The van der Waals surface area contributed by atoms with Crippen molar-refractivity contribution in [3.63, 3.8) is 0 Å². The number of rotatable bonds is 9. The van der Waals surface area contributed by atoms with Crippen LogP contribution in [-0.2, 0) is 17.8 Å². The Bertz CT molecular complexity index is 823. The number of hydrazine groups is 1. The number of hydrogen-bond acceptors (Lipinski definition) is 3. The van der Waals surface area contributed by atoms with Crippen LogP contribution < -0.4 is 5.32 Å². The van der Waals surface area contributed by atoms with Crippen molar-refractivity contribution in [1.29, 1.82) is 0 Å². The number of nitrogens with one attached hydrogen (secondary N) is 1. The lowest BCUT2D eigenvalue weighted by atomic mass is 9.95. The molecule has 0 radical (unpaired) electrons. The minimum absolute atomic E-state index is 0.0434. The Balaban J connectivity index is 1.77. The maximum absolute atomic E-state index is 13.1. The summed E-state index contributed by atoms with van der Waals surface area (Å²) in [5.41, 5.74) is 1.80. The lowest BCUT2D eigenvalue weighted by Crippen LogP contribution is -2.52. The summed E-state index contributed by atoms with van der Waals surface area (Å²) in [5, 5.41) is 16.2. The van der Waals surface area contributed by atoms with Crippen molar-refractivity contribution >= 4 is 17.5 Å². The Morgan fingerprint density at radius 2 is 1.73 bits per heavy atom. The summed E-state index contributed by atoms with van der Waals surface area (Å²) in [4.78, 5) is 25.1. The van der Waals surface area contributed by atoms with Crippen LogP contribution in [0.25, 0.3) is 0 Å². The van der Waals surface area contributed by atoms with Crippen molar-refractivity contribution in [1.82, 2.24) is 10.3 Å². The summed E-state index contributed by atoms with van der Waals surface area (Å²) in [5.74, 6) is -0.261. The quantitative estimate of drug-likeness (QED) is 0.459. The van der Waals surface area contributed by atoms with Gasteiger partial charge in [-0.3, -0.25) is 4.79 Å².